The number of amidine groups is 4. The molecule has 0 bridgehead atoms. The molecule has 4 unspecified atom stereocenters. The molecule has 0 aromatic carbocycles. The van der Waals surface area contributed by atoms with E-state index in [0.717, 1.165) is 99.4 Å². The van der Waals surface area contributed by atoms with E-state index in [2.05, 4.69) is 41.2 Å². The van der Waals surface area contributed by atoms with Crippen molar-refractivity contribution in [1.82, 2.24) is 0 Å². The molecule has 0 aromatic heterocycles. The molecule has 4 fully saturated rings. The predicted molar refractivity (Wildman–Crippen MR) is 133 cm³/mol. The summed E-state index contributed by atoms with van der Waals surface area (Å²) in [6.07, 6.45) is 10.1. The van der Waals surface area contributed by atoms with E-state index in [-0.39, 0.29) is 26.2 Å². The van der Waals surface area contributed by atoms with Gasteiger partial charge in [0.25, 0.3) is 0 Å². The molecule has 0 amide bonds. The Kier molecular flexibility index (Phi) is 9.39. The first kappa shape index (κ1) is 24.9. The molecule has 0 aliphatic carbocycles. The molecule has 4 atom stereocenters. The largest absolute Gasteiger partial charge is 4.00 e. The van der Waals surface area contributed by atoms with Gasteiger partial charge in [0.2, 0.25) is 0 Å². The van der Waals surface area contributed by atoms with Gasteiger partial charge in [-0.3, -0.25) is 0 Å². The molecule has 8 nitrogen and oxygen atoms in total. The summed E-state index contributed by atoms with van der Waals surface area (Å²) in [5.41, 5.74) is 0. The molecule has 8 rings (SSSR count). The minimum Gasteiger partial charge on any atom is -0.469 e. The SMILES string of the molecule is C1CC2CC[N-]C2=N1.C1CC2CC[N-]C2=N1.C1CC2CC[N-]C2=N1.C1CC2CC[N-]C2=N1.[Zr+4]. The Morgan fingerprint density at radius 2 is 0.636 bits per heavy atom. The molecule has 0 radical (unpaired) electrons. The zero-order valence-electron chi connectivity index (χ0n) is 19.7. The van der Waals surface area contributed by atoms with Crippen LogP contribution in [-0.4, -0.2) is 75.7 Å². The molecular weight excluding hydrogens is 492 g/mol. The third-order valence-electron chi connectivity index (χ3n) is 7.47. The summed E-state index contributed by atoms with van der Waals surface area (Å²) >= 11 is 0. The van der Waals surface area contributed by atoms with Gasteiger partial charge < -0.3 is 41.2 Å². The van der Waals surface area contributed by atoms with Gasteiger partial charge in [-0.25, -0.2) is 0 Å². The first-order valence-electron chi connectivity index (χ1n) is 12.7. The summed E-state index contributed by atoms with van der Waals surface area (Å²) in [7, 11) is 0. The van der Waals surface area contributed by atoms with Crippen LogP contribution in [0.3, 0.4) is 0 Å². The fourth-order valence-corrected chi connectivity index (χ4v) is 5.52. The van der Waals surface area contributed by atoms with Gasteiger partial charge in [-0.05, 0) is 75.0 Å². The fraction of sp³-hybridized carbons (Fsp3) is 0.833. The van der Waals surface area contributed by atoms with Gasteiger partial charge >= 0.3 is 26.2 Å². The van der Waals surface area contributed by atoms with Crippen LogP contribution < -0.4 is 0 Å². The van der Waals surface area contributed by atoms with E-state index in [9.17, 15) is 0 Å². The summed E-state index contributed by atoms with van der Waals surface area (Å²) in [6, 6.07) is 0. The van der Waals surface area contributed by atoms with Crippen LogP contribution in [0.5, 0.6) is 0 Å². The van der Waals surface area contributed by atoms with E-state index in [1.807, 2.05) is 0 Å². The van der Waals surface area contributed by atoms with Gasteiger partial charge in [-0.1, -0.05) is 75.7 Å². The van der Waals surface area contributed by atoms with Gasteiger partial charge in [-0.15, -0.1) is 0 Å². The number of nitrogens with zero attached hydrogens (tertiary/aromatic N) is 8. The van der Waals surface area contributed by atoms with Gasteiger partial charge in [0.05, 0.1) is 0 Å². The topological polar surface area (TPSA) is 106 Å². The van der Waals surface area contributed by atoms with Gasteiger partial charge in [-0.2, -0.15) is 0 Å². The Balaban J connectivity index is 0.000000104. The Labute approximate surface area is 217 Å². The molecule has 4 saturated heterocycles. The second-order valence-corrected chi connectivity index (χ2v) is 9.58. The Morgan fingerprint density at radius 3 is 0.848 bits per heavy atom. The van der Waals surface area contributed by atoms with E-state index in [4.69, 9.17) is 0 Å². The summed E-state index contributed by atoms with van der Waals surface area (Å²) in [6.45, 7) is 8.25. The van der Waals surface area contributed by atoms with E-state index in [0.29, 0.717) is 0 Å². The fourth-order valence-electron chi connectivity index (χ4n) is 5.52. The van der Waals surface area contributed by atoms with E-state index in [1.165, 1.54) is 51.4 Å². The van der Waals surface area contributed by atoms with Crippen LogP contribution in [0.15, 0.2) is 20.0 Å². The van der Waals surface area contributed by atoms with Crippen molar-refractivity contribution in [3.8, 4) is 0 Å². The minimum atomic E-state index is 0. The van der Waals surface area contributed by atoms with Crippen molar-refractivity contribution < 1.29 is 26.2 Å². The quantitative estimate of drug-likeness (QED) is 0.434. The minimum absolute atomic E-state index is 0. The van der Waals surface area contributed by atoms with Crippen LogP contribution in [-0.2, 0) is 26.2 Å². The predicted octanol–water partition coefficient (Wildman–Crippen LogP) is 4.73. The van der Waals surface area contributed by atoms with Crippen LogP contribution >= 0.6 is 0 Å². The molecule has 8 aliphatic rings. The van der Waals surface area contributed by atoms with Gasteiger partial charge in [0.15, 0.2) is 0 Å². The molecule has 8 heterocycles. The number of rotatable bonds is 0. The Morgan fingerprint density at radius 1 is 0.394 bits per heavy atom. The number of hydrogen-bond acceptors (Lipinski definition) is 4. The molecular formula is C24H36N8Zr. The number of aliphatic imine (C=N–C) groups is 4. The van der Waals surface area contributed by atoms with Crippen molar-refractivity contribution in [2.24, 2.45) is 43.6 Å². The van der Waals surface area contributed by atoms with Crippen molar-refractivity contribution in [2.45, 2.75) is 51.4 Å². The van der Waals surface area contributed by atoms with Crippen molar-refractivity contribution in [1.29, 1.82) is 0 Å². The second kappa shape index (κ2) is 12.5. The van der Waals surface area contributed by atoms with Crippen molar-refractivity contribution >= 4 is 23.3 Å². The molecule has 33 heavy (non-hydrogen) atoms. The van der Waals surface area contributed by atoms with Crippen molar-refractivity contribution in [3.63, 3.8) is 0 Å². The first-order chi connectivity index (χ1) is 15.9. The van der Waals surface area contributed by atoms with Gasteiger partial charge in [0.1, 0.15) is 0 Å². The summed E-state index contributed by atoms with van der Waals surface area (Å²) in [5.74, 6) is 7.67. The zero-order chi connectivity index (χ0) is 21.6. The third kappa shape index (κ3) is 6.46. The maximum Gasteiger partial charge on any atom is 4.00 e. The van der Waals surface area contributed by atoms with Gasteiger partial charge in [0, 0.05) is 0 Å². The Hall–Kier alpha value is -1.24. The van der Waals surface area contributed by atoms with Crippen LogP contribution in [0.1, 0.15) is 51.4 Å². The zero-order valence-corrected chi connectivity index (χ0v) is 22.2. The van der Waals surface area contributed by atoms with E-state index < -0.39 is 0 Å². The summed E-state index contributed by atoms with van der Waals surface area (Å²) in [4.78, 5) is 17.0. The molecule has 0 spiro atoms. The first-order valence-corrected chi connectivity index (χ1v) is 12.7. The molecule has 0 aromatic rings. The molecule has 9 heteroatoms. The standard InChI is InChI=1S/4C6H9N2.Zr/c4*1-3-7-6-5(1)2-4-8-6;/h4*5H,1-4H2;/q4*-1;+4. The number of fused-ring (bicyclic) bond motifs is 4. The maximum absolute atomic E-state index is 4.25. The van der Waals surface area contributed by atoms with E-state index >= 15 is 0 Å². The Bertz CT molecular complexity index is 648. The molecule has 0 N–H and O–H groups in total. The maximum atomic E-state index is 4.25. The molecule has 176 valence electrons. The van der Waals surface area contributed by atoms with Crippen LogP contribution in [0.25, 0.3) is 21.3 Å². The second-order valence-electron chi connectivity index (χ2n) is 9.58. The van der Waals surface area contributed by atoms with Crippen molar-refractivity contribution in [3.05, 3.63) is 21.3 Å². The normalized spacial score (nSPS) is 33.0. The monoisotopic (exact) mass is 526 g/mol. The van der Waals surface area contributed by atoms with Crippen molar-refractivity contribution in [2.75, 3.05) is 52.4 Å². The van der Waals surface area contributed by atoms with Crippen LogP contribution in [0.4, 0.5) is 0 Å². The molecule has 0 saturated carbocycles. The average molecular weight is 528 g/mol. The van der Waals surface area contributed by atoms with Crippen LogP contribution in [0.2, 0.25) is 0 Å². The number of hydrogen-bond donors (Lipinski definition) is 0. The molecule has 8 aliphatic heterocycles. The smallest absolute Gasteiger partial charge is 0.469 e. The summed E-state index contributed by atoms with van der Waals surface area (Å²) in [5, 5.41) is 17.0. The average Bonchev–Trinajstić information content (AvgIpc) is 3.57. The van der Waals surface area contributed by atoms with E-state index in [1.54, 1.807) is 0 Å². The third-order valence-corrected chi connectivity index (χ3v) is 7.47. The summed E-state index contributed by atoms with van der Waals surface area (Å²) < 4.78 is 0. The van der Waals surface area contributed by atoms with Crippen LogP contribution in [0, 0.1) is 23.7 Å².